The summed E-state index contributed by atoms with van der Waals surface area (Å²) in [7, 11) is 0. The average molecular weight is 472 g/mol. The maximum absolute atomic E-state index is 14.5. The van der Waals surface area contributed by atoms with Gasteiger partial charge in [0.05, 0.1) is 13.0 Å². The van der Waals surface area contributed by atoms with Gasteiger partial charge in [0.1, 0.15) is 6.61 Å². The van der Waals surface area contributed by atoms with Crippen molar-refractivity contribution in [3.63, 3.8) is 0 Å². The van der Waals surface area contributed by atoms with E-state index in [2.05, 4.69) is 0 Å². The number of carboxylic acid groups (broad SMARTS) is 1. The molecule has 2 aliphatic carbocycles. The third-order valence-electron chi connectivity index (χ3n) is 6.17. The molecule has 0 spiro atoms. The number of halogens is 2. The normalized spacial score (nSPS) is 14.8. The number of carboxylic acids is 1. The van der Waals surface area contributed by atoms with Crippen molar-refractivity contribution in [2.75, 3.05) is 26.2 Å². The van der Waals surface area contributed by atoms with E-state index in [9.17, 15) is 23.2 Å². The zero-order valence-electron chi connectivity index (χ0n) is 18.5. The molecular weight excluding hydrogens is 446 g/mol. The first kappa shape index (κ1) is 23.7. The van der Waals surface area contributed by atoms with Crippen LogP contribution in [-0.4, -0.2) is 60.1 Å². The maximum Gasteiger partial charge on any atom is 0.407 e. The second-order valence-electron chi connectivity index (χ2n) is 8.72. The zero-order valence-corrected chi connectivity index (χ0v) is 18.5. The summed E-state index contributed by atoms with van der Waals surface area (Å²) in [4.78, 5) is 36.3. The molecule has 2 amide bonds. The highest BCUT2D eigenvalue weighted by Crippen LogP contribution is 2.44. The van der Waals surface area contributed by atoms with Gasteiger partial charge < -0.3 is 20.1 Å². The number of nitrogens with zero attached hydrogens (tertiary/aromatic N) is 1. The van der Waals surface area contributed by atoms with Gasteiger partial charge in [-0.3, -0.25) is 9.59 Å². The van der Waals surface area contributed by atoms with Crippen LogP contribution in [0.25, 0.3) is 11.1 Å². The number of hydrogen-bond acceptors (Lipinski definition) is 4. The molecular formula is C25H26F2N2O5. The highest BCUT2D eigenvalue weighted by molar-refractivity contribution is 5.85. The molecule has 1 fully saturated rings. The average Bonchev–Trinajstić information content (AvgIpc) is 3.59. The fourth-order valence-corrected chi connectivity index (χ4v) is 4.26. The highest BCUT2D eigenvalue weighted by Gasteiger charge is 2.44. The number of amides is 2. The minimum atomic E-state index is -3.88. The molecule has 0 unspecified atom stereocenters. The summed E-state index contributed by atoms with van der Waals surface area (Å²) < 4.78 is 34.3. The van der Waals surface area contributed by atoms with E-state index in [1.54, 1.807) is 0 Å². The van der Waals surface area contributed by atoms with Gasteiger partial charge in [-0.1, -0.05) is 48.5 Å². The van der Waals surface area contributed by atoms with Crippen LogP contribution in [0.1, 0.15) is 36.3 Å². The monoisotopic (exact) mass is 472 g/mol. The Kier molecular flexibility index (Phi) is 6.81. The number of benzene rings is 2. The zero-order chi connectivity index (χ0) is 24.3. The van der Waals surface area contributed by atoms with Crippen LogP contribution >= 0.6 is 0 Å². The van der Waals surface area contributed by atoms with Crippen LogP contribution in [0.2, 0.25) is 0 Å². The van der Waals surface area contributed by atoms with Crippen molar-refractivity contribution in [2.24, 2.45) is 5.92 Å². The Morgan fingerprint density at radius 2 is 1.62 bits per heavy atom. The van der Waals surface area contributed by atoms with Crippen molar-refractivity contribution in [3.05, 3.63) is 59.7 Å². The van der Waals surface area contributed by atoms with Gasteiger partial charge >= 0.3 is 18.0 Å². The van der Waals surface area contributed by atoms with Crippen LogP contribution in [0.15, 0.2) is 48.5 Å². The largest absolute Gasteiger partial charge is 0.481 e. The predicted octanol–water partition coefficient (Wildman–Crippen LogP) is 3.87. The lowest BCUT2D eigenvalue weighted by molar-refractivity contribution is -0.157. The predicted molar refractivity (Wildman–Crippen MR) is 120 cm³/mol. The molecule has 2 aromatic rings. The molecule has 0 atom stereocenters. The van der Waals surface area contributed by atoms with Crippen molar-refractivity contribution < 1.29 is 33.0 Å². The number of rotatable bonds is 10. The van der Waals surface area contributed by atoms with Gasteiger partial charge in [-0.2, -0.15) is 8.78 Å². The van der Waals surface area contributed by atoms with Crippen LogP contribution in [0.5, 0.6) is 0 Å². The van der Waals surface area contributed by atoms with Gasteiger partial charge in [0.15, 0.2) is 0 Å². The molecule has 0 radical (unpaired) electrons. The molecule has 4 rings (SSSR count). The molecule has 0 heterocycles. The number of carbonyl (C=O) groups is 3. The van der Waals surface area contributed by atoms with Crippen LogP contribution in [0.3, 0.4) is 0 Å². The number of alkyl carbamates (subject to hydrolysis) is 1. The second kappa shape index (κ2) is 9.79. The molecule has 0 aliphatic heterocycles. The lowest BCUT2D eigenvalue weighted by atomic mass is 9.98. The van der Waals surface area contributed by atoms with E-state index in [0.717, 1.165) is 40.0 Å². The Balaban J connectivity index is 1.33. The van der Waals surface area contributed by atoms with E-state index in [4.69, 9.17) is 9.84 Å². The third kappa shape index (κ3) is 5.35. The number of alkyl halides is 2. The summed E-state index contributed by atoms with van der Waals surface area (Å²) in [6, 6.07) is 15.5. The molecule has 0 aromatic heterocycles. The second-order valence-corrected chi connectivity index (χ2v) is 8.72. The van der Waals surface area contributed by atoms with E-state index in [1.165, 1.54) is 0 Å². The van der Waals surface area contributed by atoms with Crippen LogP contribution in [0, 0.1) is 5.92 Å². The fourth-order valence-electron chi connectivity index (χ4n) is 4.26. The maximum atomic E-state index is 14.5. The molecule has 2 aromatic carbocycles. The van der Waals surface area contributed by atoms with Crippen molar-refractivity contribution in [1.82, 2.24) is 10.2 Å². The summed E-state index contributed by atoms with van der Waals surface area (Å²) in [6.07, 6.45) is 0.170. The minimum Gasteiger partial charge on any atom is -0.481 e. The molecule has 180 valence electrons. The quantitative estimate of drug-likeness (QED) is 0.547. The van der Waals surface area contributed by atoms with Crippen molar-refractivity contribution in [3.8, 4) is 11.1 Å². The molecule has 0 saturated heterocycles. The fraction of sp³-hybridized carbons (Fsp3) is 0.400. The van der Waals surface area contributed by atoms with Crippen molar-refractivity contribution >= 4 is 18.0 Å². The smallest absolute Gasteiger partial charge is 0.407 e. The van der Waals surface area contributed by atoms with Crippen LogP contribution < -0.4 is 5.32 Å². The topological polar surface area (TPSA) is 95.9 Å². The highest BCUT2D eigenvalue weighted by atomic mass is 19.3. The lowest BCUT2D eigenvalue weighted by Gasteiger charge is -2.27. The molecule has 7 nitrogen and oxygen atoms in total. The van der Waals surface area contributed by atoms with Crippen LogP contribution in [-0.2, 0) is 14.3 Å². The van der Waals surface area contributed by atoms with E-state index in [0.29, 0.717) is 0 Å². The SMILES string of the molecule is O=C(O)CCN(CC1CC1)C(=O)C(F)(F)CNC(=O)OCC1c2ccccc2-c2ccccc21. The van der Waals surface area contributed by atoms with E-state index in [1.807, 2.05) is 53.8 Å². The van der Waals surface area contributed by atoms with Crippen molar-refractivity contribution in [1.29, 1.82) is 0 Å². The summed E-state index contributed by atoms with van der Waals surface area (Å²) in [5.41, 5.74) is 4.07. The summed E-state index contributed by atoms with van der Waals surface area (Å²) in [5.74, 6) is -6.64. The van der Waals surface area contributed by atoms with Gasteiger partial charge in [-0.15, -0.1) is 0 Å². The number of ether oxygens (including phenoxy) is 1. The Labute approximate surface area is 195 Å². The van der Waals surface area contributed by atoms with Gasteiger partial charge in [-0.25, -0.2) is 4.79 Å². The Morgan fingerprint density at radius 1 is 1.03 bits per heavy atom. The summed E-state index contributed by atoms with van der Waals surface area (Å²) in [5, 5.41) is 10.8. The number of carbonyl (C=O) groups excluding carboxylic acids is 2. The Bertz CT molecular complexity index is 1040. The van der Waals surface area contributed by atoms with Gasteiger partial charge in [0.2, 0.25) is 0 Å². The van der Waals surface area contributed by atoms with Gasteiger partial charge in [0, 0.05) is 19.0 Å². The van der Waals surface area contributed by atoms with Gasteiger partial charge in [-0.05, 0) is 41.0 Å². The summed E-state index contributed by atoms with van der Waals surface area (Å²) in [6.45, 7) is -1.47. The summed E-state index contributed by atoms with van der Waals surface area (Å²) >= 11 is 0. The first-order chi connectivity index (χ1) is 16.3. The van der Waals surface area contributed by atoms with E-state index >= 15 is 0 Å². The third-order valence-corrected chi connectivity index (χ3v) is 6.17. The molecule has 0 bridgehead atoms. The van der Waals surface area contributed by atoms with E-state index in [-0.39, 0.29) is 31.5 Å². The Morgan fingerprint density at radius 3 is 2.18 bits per heavy atom. The minimum absolute atomic E-state index is 0.0359. The van der Waals surface area contributed by atoms with Crippen LogP contribution in [0.4, 0.5) is 13.6 Å². The number of aliphatic carboxylic acids is 1. The first-order valence-corrected chi connectivity index (χ1v) is 11.2. The number of nitrogens with one attached hydrogen (secondary N) is 1. The molecule has 9 heteroatoms. The molecule has 1 saturated carbocycles. The van der Waals surface area contributed by atoms with E-state index < -0.39 is 36.9 Å². The number of hydrogen-bond donors (Lipinski definition) is 2. The molecule has 34 heavy (non-hydrogen) atoms. The molecule has 2 N–H and O–H groups in total. The standard InChI is InChI=1S/C25H26F2N2O5/c26-25(27,23(32)29(12-11-22(30)31)13-16-9-10-16)15-28-24(33)34-14-21-19-7-3-1-5-17(19)18-6-2-4-8-20(18)21/h1-8,16,21H,9-15H2,(H,28,33)(H,30,31). The lowest BCUT2D eigenvalue weighted by Crippen LogP contribution is -2.51. The van der Waals surface area contributed by atoms with Crippen molar-refractivity contribution in [2.45, 2.75) is 31.1 Å². The van der Waals surface area contributed by atoms with Gasteiger partial charge in [0.25, 0.3) is 5.91 Å². The first-order valence-electron chi connectivity index (χ1n) is 11.2. The molecule has 2 aliphatic rings. The Hall–Kier alpha value is -3.49. The number of fused-ring (bicyclic) bond motifs is 3.